The molecule has 56 valence electrons. The largest absolute Gasteiger partial charge is 0.323 e. The first-order chi connectivity index (χ1) is 4.77. The Balaban J connectivity index is 2.74. The normalized spacial score (nSPS) is 33.2. The quantitative estimate of drug-likeness (QED) is 0.548. The third-order valence-electron chi connectivity index (χ3n) is 1.38. The highest BCUT2D eigenvalue weighted by Gasteiger charge is 2.14. The van der Waals surface area contributed by atoms with Crippen LogP contribution in [0.4, 0.5) is 0 Å². The molecule has 0 aliphatic carbocycles. The molecule has 0 radical (unpaired) electrons. The third kappa shape index (κ3) is 1.83. The van der Waals surface area contributed by atoms with Gasteiger partial charge in [-0.1, -0.05) is 12.7 Å². The van der Waals surface area contributed by atoms with Crippen molar-refractivity contribution in [2.24, 2.45) is 0 Å². The molecule has 1 heterocycles. The van der Waals surface area contributed by atoms with Gasteiger partial charge in [-0.3, -0.25) is 4.57 Å². The smallest absolute Gasteiger partial charge is 0.246 e. The Morgan fingerprint density at radius 3 is 3.20 bits per heavy atom. The molecule has 1 rings (SSSR count). The van der Waals surface area contributed by atoms with E-state index in [-0.39, 0.29) is 0 Å². The molecule has 0 N–H and O–H groups in total. The predicted molar refractivity (Wildman–Crippen MR) is 42.1 cm³/mol. The van der Waals surface area contributed by atoms with Gasteiger partial charge in [-0.15, -0.1) is 0 Å². The standard InChI is InChI=1S/C7H11O2P/c1-2-10(8)7-5-3-4-6-9-10/h2,5,7H,1,3-4,6H2. The fraction of sp³-hybridized carbons (Fsp3) is 0.429. The molecule has 0 amide bonds. The van der Waals surface area contributed by atoms with Crippen LogP contribution in [0.1, 0.15) is 12.8 Å². The molecule has 0 bridgehead atoms. The average Bonchev–Trinajstić information content (AvgIpc) is 2.15. The lowest BCUT2D eigenvalue weighted by molar-refractivity contribution is 0.323. The molecule has 10 heavy (non-hydrogen) atoms. The van der Waals surface area contributed by atoms with Crippen molar-refractivity contribution in [1.82, 2.24) is 0 Å². The van der Waals surface area contributed by atoms with Crippen molar-refractivity contribution in [3.8, 4) is 0 Å². The SMILES string of the molecule is C=CP1(=O)C=CCCCO1. The lowest BCUT2D eigenvalue weighted by Crippen LogP contribution is -1.85. The molecule has 1 aliphatic rings. The zero-order valence-corrected chi connectivity index (χ0v) is 6.72. The summed E-state index contributed by atoms with van der Waals surface area (Å²) in [6.07, 6.45) is 3.81. The van der Waals surface area contributed by atoms with Gasteiger partial charge in [0.05, 0.1) is 6.61 Å². The van der Waals surface area contributed by atoms with Crippen molar-refractivity contribution in [2.75, 3.05) is 6.61 Å². The predicted octanol–water partition coefficient (Wildman–Crippen LogP) is 2.73. The van der Waals surface area contributed by atoms with E-state index >= 15 is 0 Å². The molecule has 1 atom stereocenters. The molecule has 0 saturated heterocycles. The minimum Gasteiger partial charge on any atom is -0.323 e. The minimum absolute atomic E-state index is 0.580. The molecule has 1 aliphatic heterocycles. The Bertz CT molecular complexity index is 196. The Labute approximate surface area is 61.0 Å². The Morgan fingerprint density at radius 1 is 1.70 bits per heavy atom. The first-order valence-corrected chi connectivity index (χ1v) is 5.08. The maximum atomic E-state index is 11.4. The van der Waals surface area contributed by atoms with E-state index in [0.717, 1.165) is 12.8 Å². The first-order valence-electron chi connectivity index (χ1n) is 3.32. The highest BCUT2D eigenvalue weighted by atomic mass is 31.2. The van der Waals surface area contributed by atoms with Gasteiger partial charge in [-0.2, -0.15) is 0 Å². The van der Waals surface area contributed by atoms with Gasteiger partial charge in [0, 0.05) is 5.82 Å². The van der Waals surface area contributed by atoms with E-state index in [1.807, 2.05) is 6.08 Å². The van der Waals surface area contributed by atoms with Gasteiger partial charge in [0.1, 0.15) is 0 Å². The molecule has 0 saturated carbocycles. The van der Waals surface area contributed by atoms with Crippen molar-refractivity contribution >= 4 is 7.37 Å². The van der Waals surface area contributed by atoms with Crippen molar-refractivity contribution in [1.29, 1.82) is 0 Å². The number of hydrogen-bond acceptors (Lipinski definition) is 2. The maximum Gasteiger partial charge on any atom is 0.246 e. The maximum absolute atomic E-state index is 11.4. The van der Waals surface area contributed by atoms with Crippen molar-refractivity contribution in [3.63, 3.8) is 0 Å². The summed E-state index contributed by atoms with van der Waals surface area (Å²) in [7, 11) is -2.55. The van der Waals surface area contributed by atoms with Crippen LogP contribution in [0.2, 0.25) is 0 Å². The summed E-state index contributed by atoms with van der Waals surface area (Å²) in [6.45, 7) is 4.04. The van der Waals surface area contributed by atoms with Crippen LogP contribution >= 0.6 is 7.37 Å². The Morgan fingerprint density at radius 2 is 2.50 bits per heavy atom. The Hall–Kier alpha value is -0.330. The molecule has 3 heteroatoms. The van der Waals surface area contributed by atoms with Gasteiger partial charge in [0.2, 0.25) is 7.37 Å². The molecule has 0 fully saturated rings. The minimum atomic E-state index is -2.55. The molecule has 0 spiro atoms. The second kappa shape index (κ2) is 3.18. The van der Waals surface area contributed by atoms with E-state index in [4.69, 9.17) is 4.52 Å². The summed E-state index contributed by atoms with van der Waals surface area (Å²) in [4.78, 5) is 0. The van der Waals surface area contributed by atoms with Gasteiger partial charge in [0.25, 0.3) is 0 Å². The molecular formula is C7H11O2P. The van der Waals surface area contributed by atoms with E-state index in [2.05, 4.69) is 6.58 Å². The van der Waals surface area contributed by atoms with Gasteiger partial charge in [-0.25, -0.2) is 0 Å². The van der Waals surface area contributed by atoms with E-state index < -0.39 is 7.37 Å². The average molecular weight is 158 g/mol. The van der Waals surface area contributed by atoms with Crippen LogP contribution in [-0.2, 0) is 9.09 Å². The summed E-state index contributed by atoms with van der Waals surface area (Å²) in [5, 5.41) is 0. The molecule has 1 unspecified atom stereocenters. The van der Waals surface area contributed by atoms with E-state index in [1.165, 1.54) is 5.82 Å². The fourth-order valence-electron chi connectivity index (χ4n) is 0.786. The number of allylic oxidation sites excluding steroid dienone is 1. The molecule has 0 aromatic heterocycles. The van der Waals surface area contributed by atoms with Crippen molar-refractivity contribution < 1.29 is 9.09 Å². The molecular weight excluding hydrogens is 147 g/mol. The highest BCUT2D eigenvalue weighted by Crippen LogP contribution is 2.50. The first kappa shape index (κ1) is 7.77. The van der Waals surface area contributed by atoms with Gasteiger partial charge in [-0.05, 0) is 18.7 Å². The van der Waals surface area contributed by atoms with Crippen LogP contribution in [-0.4, -0.2) is 6.61 Å². The van der Waals surface area contributed by atoms with Crippen LogP contribution in [0.25, 0.3) is 0 Å². The summed E-state index contributed by atoms with van der Waals surface area (Å²) in [6, 6.07) is 0. The summed E-state index contributed by atoms with van der Waals surface area (Å²) < 4.78 is 16.5. The summed E-state index contributed by atoms with van der Waals surface area (Å²) in [5.74, 6) is 3.03. The zero-order chi connectivity index (χ0) is 7.45. The van der Waals surface area contributed by atoms with Crippen molar-refractivity contribution in [2.45, 2.75) is 12.8 Å². The summed E-state index contributed by atoms with van der Waals surface area (Å²) >= 11 is 0. The Kier molecular flexibility index (Phi) is 2.47. The van der Waals surface area contributed by atoms with Crippen LogP contribution in [0.15, 0.2) is 24.3 Å². The van der Waals surface area contributed by atoms with Crippen LogP contribution in [0.5, 0.6) is 0 Å². The highest BCUT2D eigenvalue weighted by molar-refractivity contribution is 7.65. The topological polar surface area (TPSA) is 26.3 Å². The molecule has 0 aromatic rings. The fourth-order valence-corrected chi connectivity index (χ4v) is 1.96. The third-order valence-corrected chi connectivity index (χ3v) is 3.10. The van der Waals surface area contributed by atoms with E-state index in [0.29, 0.717) is 6.61 Å². The van der Waals surface area contributed by atoms with Crippen LogP contribution in [0.3, 0.4) is 0 Å². The van der Waals surface area contributed by atoms with Crippen molar-refractivity contribution in [3.05, 3.63) is 24.3 Å². The molecule has 0 aromatic carbocycles. The zero-order valence-electron chi connectivity index (χ0n) is 5.82. The van der Waals surface area contributed by atoms with Gasteiger partial charge < -0.3 is 4.52 Å². The van der Waals surface area contributed by atoms with Gasteiger partial charge >= 0.3 is 0 Å². The van der Waals surface area contributed by atoms with Crippen LogP contribution in [0, 0.1) is 0 Å². The second-order valence-electron chi connectivity index (χ2n) is 2.19. The van der Waals surface area contributed by atoms with E-state index in [1.54, 1.807) is 5.82 Å². The lowest BCUT2D eigenvalue weighted by Gasteiger charge is -2.05. The second-order valence-corrected chi connectivity index (χ2v) is 4.40. The number of rotatable bonds is 1. The molecule has 2 nitrogen and oxygen atoms in total. The van der Waals surface area contributed by atoms with E-state index in [9.17, 15) is 4.57 Å². The van der Waals surface area contributed by atoms with Crippen LogP contribution < -0.4 is 0 Å². The van der Waals surface area contributed by atoms with Gasteiger partial charge in [0.15, 0.2) is 0 Å². The number of hydrogen-bond donors (Lipinski definition) is 0. The summed E-state index contributed by atoms with van der Waals surface area (Å²) in [5.41, 5.74) is 0. The monoisotopic (exact) mass is 158 g/mol. The lowest BCUT2D eigenvalue weighted by atomic mass is 10.3.